The van der Waals surface area contributed by atoms with Crippen molar-refractivity contribution in [1.82, 2.24) is 0 Å². The van der Waals surface area contributed by atoms with Crippen molar-refractivity contribution in [3.8, 4) is 0 Å². The van der Waals surface area contributed by atoms with Gasteiger partial charge in [0.15, 0.2) is 0 Å². The summed E-state index contributed by atoms with van der Waals surface area (Å²) in [5.74, 6) is 1.04. The molecule has 1 aliphatic rings. The van der Waals surface area contributed by atoms with Crippen LogP contribution in [-0.4, -0.2) is 33.6 Å². The normalized spacial score (nSPS) is 18.0. The van der Waals surface area contributed by atoms with E-state index in [1.807, 2.05) is 30.3 Å². The van der Waals surface area contributed by atoms with Crippen molar-refractivity contribution in [2.24, 2.45) is 5.92 Å². The molecule has 0 saturated heterocycles. The molecule has 3 unspecified atom stereocenters. The van der Waals surface area contributed by atoms with Crippen molar-refractivity contribution in [3.63, 3.8) is 0 Å². The maximum atomic E-state index is 10.2. The highest BCUT2D eigenvalue weighted by atomic mass is 16.4. The fourth-order valence-corrected chi connectivity index (χ4v) is 5.08. The van der Waals surface area contributed by atoms with Crippen LogP contribution in [0.3, 0.4) is 0 Å². The molecule has 2 rings (SSSR count). The van der Waals surface area contributed by atoms with Crippen molar-refractivity contribution >= 4 is 0 Å². The summed E-state index contributed by atoms with van der Waals surface area (Å²) in [7, 11) is 0. The summed E-state index contributed by atoms with van der Waals surface area (Å²) >= 11 is 0. The highest BCUT2D eigenvalue weighted by molar-refractivity contribution is 5.15. The van der Waals surface area contributed by atoms with E-state index in [1.165, 1.54) is 89.9 Å². The Hall–Kier alpha value is -0.900. The Balaban J connectivity index is 1.36. The second kappa shape index (κ2) is 16.7. The van der Waals surface area contributed by atoms with Crippen molar-refractivity contribution < 1.29 is 15.3 Å². The maximum absolute atomic E-state index is 10.2. The summed E-state index contributed by atoms with van der Waals surface area (Å²) in [4.78, 5) is 0. The molecule has 3 nitrogen and oxygen atoms in total. The number of unbranched alkanes of at least 4 members (excludes halogenated alkanes) is 9. The molecule has 31 heavy (non-hydrogen) atoms. The van der Waals surface area contributed by atoms with E-state index in [4.69, 9.17) is 0 Å². The molecule has 0 bridgehead atoms. The minimum atomic E-state index is -1.07. The molecule has 0 heterocycles. The summed E-state index contributed by atoms with van der Waals surface area (Å²) in [6.07, 6.45) is 19.8. The number of aliphatic hydroxyl groups excluding tert-OH is 3. The third-order valence-electron chi connectivity index (χ3n) is 7.16. The van der Waals surface area contributed by atoms with E-state index in [0.29, 0.717) is 12.8 Å². The maximum Gasteiger partial charge on any atom is 0.106 e. The van der Waals surface area contributed by atoms with Gasteiger partial charge in [-0.15, -0.1) is 0 Å². The first kappa shape index (κ1) is 26.4. The number of hydrogen-bond donors (Lipinski definition) is 3. The van der Waals surface area contributed by atoms with Gasteiger partial charge in [-0.1, -0.05) is 133 Å². The zero-order chi connectivity index (χ0) is 22.2. The van der Waals surface area contributed by atoms with Gasteiger partial charge in [0.25, 0.3) is 0 Å². The smallest absolute Gasteiger partial charge is 0.106 e. The topological polar surface area (TPSA) is 60.7 Å². The average molecular weight is 433 g/mol. The van der Waals surface area contributed by atoms with E-state index in [0.717, 1.165) is 24.3 Å². The predicted molar refractivity (Wildman–Crippen MR) is 130 cm³/mol. The van der Waals surface area contributed by atoms with E-state index >= 15 is 0 Å². The first-order valence-electron chi connectivity index (χ1n) is 13.2. The number of aliphatic hydroxyl groups is 3. The molecule has 3 heteroatoms. The van der Waals surface area contributed by atoms with E-state index < -0.39 is 18.3 Å². The lowest BCUT2D eigenvalue weighted by Gasteiger charge is -2.23. The number of benzene rings is 1. The van der Waals surface area contributed by atoms with Gasteiger partial charge in [-0.05, 0) is 17.9 Å². The Labute approximate surface area is 191 Å². The van der Waals surface area contributed by atoms with Crippen LogP contribution < -0.4 is 0 Å². The SMILES string of the molecule is OC(CCCCCCCCCCCCC1CCCCC1)C(O)C(O)Cc1ccccc1. The molecule has 0 aliphatic heterocycles. The molecule has 178 valence electrons. The molecule has 3 atom stereocenters. The second-order valence-electron chi connectivity index (χ2n) is 9.93. The second-order valence-corrected chi connectivity index (χ2v) is 9.93. The van der Waals surface area contributed by atoms with Gasteiger partial charge in [0.2, 0.25) is 0 Å². The monoisotopic (exact) mass is 432 g/mol. The average Bonchev–Trinajstić information content (AvgIpc) is 2.80. The molecule has 0 radical (unpaired) electrons. The molecule has 1 aliphatic carbocycles. The Morgan fingerprint density at radius 3 is 1.81 bits per heavy atom. The molecule has 1 saturated carbocycles. The summed E-state index contributed by atoms with van der Waals surface area (Å²) in [6.45, 7) is 0. The first-order valence-corrected chi connectivity index (χ1v) is 13.2. The summed E-state index contributed by atoms with van der Waals surface area (Å²) in [5.41, 5.74) is 0.977. The zero-order valence-corrected chi connectivity index (χ0v) is 19.8. The van der Waals surface area contributed by atoms with Gasteiger partial charge in [-0.3, -0.25) is 0 Å². The fraction of sp³-hybridized carbons (Fsp3) is 0.786. The van der Waals surface area contributed by atoms with Crippen LogP contribution in [0.4, 0.5) is 0 Å². The molecule has 1 aromatic rings. The van der Waals surface area contributed by atoms with E-state index in [2.05, 4.69) is 0 Å². The highest BCUT2D eigenvalue weighted by Crippen LogP contribution is 2.28. The molecule has 1 aromatic carbocycles. The van der Waals surface area contributed by atoms with Crippen LogP contribution in [0.5, 0.6) is 0 Å². The predicted octanol–water partition coefficient (Wildman–Crippen LogP) is 6.57. The Morgan fingerprint density at radius 1 is 0.645 bits per heavy atom. The van der Waals surface area contributed by atoms with Crippen LogP contribution in [-0.2, 0) is 6.42 Å². The Morgan fingerprint density at radius 2 is 1.19 bits per heavy atom. The fourth-order valence-electron chi connectivity index (χ4n) is 5.08. The number of rotatable bonds is 17. The van der Waals surface area contributed by atoms with Crippen molar-refractivity contribution in [2.75, 3.05) is 0 Å². The van der Waals surface area contributed by atoms with Crippen molar-refractivity contribution in [3.05, 3.63) is 35.9 Å². The van der Waals surface area contributed by atoms with E-state index in [1.54, 1.807) is 0 Å². The van der Waals surface area contributed by atoms with Crippen molar-refractivity contribution in [2.45, 2.75) is 134 Å². The standard InChI is InChI=1S/C28H48O3/c29-26(28(31)27(30)23-25-20-14-10-15-21-25)22-16-8-6-4-2-1-3-5-7-11-17-24-18-12-9-13-19-24/h10,14-15,20-21,24,26-31H,1-9,11-13,16-19,22-23H2. The Bertz CT molecular complexity index is 526. The lowest BCUT2D eigenvalue weighted by Crippen LogP contribution is -2.38. The minimum absolute atomic E-state index is 0.375. The summed E-state index contributed by atoms with van der Waals surface area (Å²) < 4.78 is 0. The first-order chi connectivity index (χ1) is 15.2. The summed E-state index contributed by atoms with van der Waals surface area (Å²) in [5, 5.41) is 30.5. The highest BCUT2D eigenvalue weighted by Gasteiger charge is 2.24. The molecular formula is C28H48O3. The van der Waals surface area contributed by atoms with Gasteiger partial charge >= 0.3 is 0 Å². The summed E-state index contributed by atoms with van der Waals surface area (Å²) in [6, 6.07) is 9.63. The minimum Gasteiger partial charge on any atom is -0.390 e. The zero-order valence-electron chi connectivity index (χ0n) is 19.8. The molecule has 3 N–H and O–H groups in total. The van der Waals surface area contributed by atoms with Crippen LogP contribution in [0.15, 0.2) is 30.3 Å². The molecule has 0 spiro atoms. The van der Waals surface area contributed by atoms with Crippen LogP contribution in [0.2, 0.25) is 0 Å². The molecular weight excluding hydrogens is 384 g/mol. The van der Waals surface area contributed by atoms with Gasteiger partial charge in [-0.2, -0.15) is 0 Å². The van der Waals surface area contributed by atoms with Gasteiger partial charge in [-0.25, -0.2) is 0 Å². The third kappa shape index (κ3) is 12.1. The third-order valence-corrected chi connectivity index (χ3v) is 7.16. The van der Waals surface area contributed by atoms with E-state index in [-0.39, 0.29) is 0 Å². The quantitative estimate of drug-likeness (QED) is 0.244. The largest absolute Gasteiger partial charge is 0.390 e. The lowest BCUT2D eigenvalue weighted by atomic mass is 9.85. The van der Waals surface area contributed by atoms with E-state index in [9.17, 15) is 15.3 Å². The molecule has 0 amide bonds. The van der Waals surface area contributed by atoms with Gasteiger partial charge in [0.05, 0.1) is 12.2 Å². The van der Waals surface area contributed by atoms with Crippen LogP contribution in [0, 0.1) is 5.92 Å². The Kier molecular flexibility index (Phi) is 14.2. The van der Waals surface area contributed by atoms with Crippen LogP contribution in [0.25, 0.3) is 0 Å². The molecule has 0 aromatic heterocycles. The van der Waals surface area contributed by atoms with Gasteiger partial charge in [0.1, 0.15) is 6.10 Å². The van der Waals surface area contributed by atoms with Gasteiger partial charge in [0, 0.05) is 6.42 Å². The van der Waals surface area contributed by atoms with Crippen LogP contribution >= 0.6 is 0 Å². The number of hydrogen-bond acceptors (Lipinski definition) is 3. The van der Waals surface area contributed by atoms with Crippen LogP contribution in [0.1, 0.15) is 115 Å². The van der Waals surface area contributed by atoms with Crippen molar-refractivity contribution in [1.29, 1.82) is 0 Å². The molecule has 1 fully saturated rings. The van der Waals surface area contributed by atoms with Gasteiger partial charge < -0.3 is 15.3 Å². The lowest BCUT2D eigenvalue weighted by molar-refractivity contribution is -0.0615.